The molecular weight excluding hydrogens is 282 g/mol. The third-order valence-electron chi connectivity index (χ3n) is 3.73. The molecule has 0 radical (unpaired) electrons. The first-order chi connectivity index (χ1) is 10.5. The van der Waals surface area contributed by atoms with E-state index in [1.807, 2.05) is 32.0 Å². The summed E-state index contributed by atoms with van der Waals surface area (Å²) in [5, 5.41) is 3.04. The van der Waals surface area contributed by atoms with Crippen LogP contribution in [0.15, 0.2) is 30.7 Å². The van der Waals surface area contributed by atoms with Crippen LogP contribution in [0.5, 0.6) is 11.5 Å². The number of carbonyl (C=O) groups excluding carboxylic acids is 1. The number of hydrogen-bond acceptors (Lipinski definition) is 4. The van der Waals surface area contributed by atoms with Gasteiger partial charge in [0.1, 0.15) is 22.8 Å². The molecule has 0 saturated carbocycles. The van der Waals surface area contributed by atoms with Gasteiger partial charge in [-0.3, -0.25) is 4.79 Å². The minimum atomic E-state index is -0.370. The van der Waals surface area contributed by atoms with Crippen LogP contribution in [0.25, 0.3) is 0 Å². The number of rotatable bonds is 3. The van der Waals surface area contributed by atoms with Crippen LogP contribution in [-0.4, -0.2) is 28.6 Å². The molecule has 1 atom stereocenters. The van der Waals surface area contributed by atoms with Gasteiger partial charge in [0.25, 0.3) is 5.91 Å². The number of benzene rings is 1. The van der Waals surface area contributed by atoms with E-state index in [0.29, 0.717) is 12.1 Å². The maximum atomic E-state index is 12.3. The van der Waals surface area contributed by atoms with Gasteiger partial charge in [0.15, 0.2) is 0 Å². The molecule has 2 heterocycles. The SMILES string of the molecule is COc1ccc2c(c1)OC(C)(C)CC2NC(=O)c1cnc[nH]1. The van der Waals surface area contributed by atoms with Gasteiger partial charge in [-0.2, -0.15) is 0 Å². The van der Waals surface area contributed by atoms with Crippen molar-refractivity contribution in [3.05, 3.63) is 42.0 Å². The van der Waals surface area contributed by atoms with Crippen LogP contribution in [0.1, 0.15) is 42.4 Å². The Morgan fingerprint density at radius 2 is 2.32 bits per heavy atom. The number of methoxy groups -OCH3 is 1. The lowest BCUT2D eigenvalue weighted by atomic mass is 9.89. The highest BCUT2D eigenvalue weighted by molar-refractivity contribution is 5.92. The molecule has 2 N–H and O–H groups in total. The van der Waals surface area contributed by atoms with Crippen molar-refractivity contribution in [3.8, 4) is 11.5 Å². The van der Waals surface area contributed by atoms with E-state index in [9.17, 15) is 4.79 Å². The van der Waals surface area contributed by atoms with Crippen molar-refractivity contribution in [1.82, 2.24) is 15.3 Å². The summed E-state index contributed by atoms with van der Waals surface area (Å²) in [6.07, 6.45) is 3.68. The zero-order valence-corrected chi connectivity index (χ0v) is 12.8. The Balaban J connectivity index is 1.90. The number of ether oxygens (including phenoxy) is 2. The highest BCUT2D eigenvalue weighted by atomic mass is 16.5. The Morgan fingerprint density at radius 1 is 1.50 bits per heavy atom. The van der Waals surface area contributed by atoms with Gasteiger partial charge < -0.3 is 19.8 Å². The summed E-state index contributed by atoms with van der Waals surface area (Å²) in [4.78, 5) is 19.0. The van der Waals surface area contributed by atoms with Crippen molar-refractivity contribution in [2.75, 3.05) is 7.11 Å². The van der Waals surface area contributed by atoms with E-state index < -0.39 is 0 Å². The molecule has 2 aromatic rings. The molecule has 1 amide bonds. The molecule has 116 valence electrons. The molecular formula is C16H19N3O3. The first-order valence-corrected chi connectivity index (χ1v) is 7.15. The van der Waals surface area contributed by atoms with E-state index in [1.54, 1.807) is 7.11 Å². The Labute approximate surface area is 128 Å². The largest absolute Gasteiger partial charge is 0.497 e. The maximum Gasteiger partial charge on any atom is 0.269 e. The fourth-order valence-corrected chi connectivity index (χ4v) is 2.70. The van der Waals surface area contributed by atoms with Crippen LogP contribution >= 0.6 is 0 Å². The van der Waals surface area contributed by atoms with Crippen LogP contribution in [0.4, 0.5) is 0 Å². The molecule has 0 spiro atoms. The van der Waals surface area contributed by atoms with Crippen LogP contribution in [0.3, 0.4) is 0 Å². The maximum absolute atomic E-state index is 12.3. The van der Waals surface area contributed by atoms with Gasteiger partial charge in [-0.15, -0.1) is 0 Å². The lowest BCUT2D eigenvalue weighted by Gasteiger charge is -2.38. The van der Waals surface area contributed by atoms with Crippen LogP contribution in [0.2, 0.25) is 0 Å². The average Bonchev–Trinajstić information content (AvgIpc) is 2.99. The van der Waals surface area contributed by atoms with Crippen molar-refractivity contribution >= 4 is 5.91 Å². The van der Waals surface area contributed by atoms with E-state index >= 15 is 0 Å². The van der Waals surface area contributed by atoms with Crippen LogP contribution < -0.4 is 14.8 Å². The summed E-state index contributed by atoms with van der Waals surface area (Å²) < 4.78 is 11.3. The Morgan fingerprint density at radius 3 is 3.00 bits per heavy atom. The number of amides is 1. The van der Waals surface area contributed by atoms with Gasteiger partial charge in [-0.05, 0) is 26.0 Å². The lowest BCUT2D eigenvalue weighted by molar-refractivity contribution is 0.0616. The van der Waals surface area contributed by atoms with E-state index in [2.05, 4.69) is 15.3 Å². The average molecular weight is 301 g/mol. The van der Waals surface area contributed by atoms with Crippen LogP contribution in [0, 0.1) is 0 Å². The van der Waals surface area contributed by atoms with E-state index in [1.165, 1.54) is 12.5 Å². The zero-order chi connectivity index (χ0) is 15.7. The monoisotopic (exact) mass is 301 g/mol. The Kier molecular flexibility index (Phi) is 3.52. The zero-order valence-electron chi connectivity index (χ0n) is 12.8. The van der Waals surface area contributed by atoms with Gasteiger partial charge in [-0.25, -0.2) is 4.98 Å². The second-order valence-corrected chi connectivity index (χ2v) is 5.96. The van der Waals surface area contributed by atoms with Gasteiger partial charge >= 0.3 is 0 Å². The third kappa shape index (κ3) is 2.77. The summed E-state index contributed by atoms with van der Waals surface area (Å²) in [5.74, 6) is 1.29. The summed E-state index contributed by atoms with van der Waals surface area (Å²) >= 11 is 0. The molecule has 22 heavy (non-hydrogen) atoms. The first-order valence-electron chi connectivity index (χ1n) is 7.15. The van der Waals surface area contributed by atoms with Gasteiger partial charge in [0.2, 0.25) is 0 Å². The van der Waals surface area contributed by atoms with Crippen molar-refractivity contribution < 1.29 is 14.3 Å². The quantitative estimate of drug-likeness (QED) is 0.913. The number of aromatic amines is 1. The minimum absolute atomic E-state index is 0.125. The summed E-state index contributed by atoms with van der Waals surface area (Å²) in [5.41, 5.74) is 1.03. The van der Waals surface area contributed by atoms with Crippen molar-refractivity contribution in [1.29, 1.82) is 0 Å². The lowest BCUT2D eigenvalue weighted by Crippen LogP contribution is -2.41. The van der Waals surface area contributed by atoms with Gasteiger partial charge in [-0.1, -0.05) is 0 Å². The number of imidazole rings is 1. The third-order valence-corrected chi connectivity index (χ3v) is 3.73. The van der Waals surface area contributed by atoms with Crippen molar-refractivity contribution in [2.45, 2.75) is 31.9 Å². The Bertz CT molecular complexity index is 680. The molecule has 1 aliphatic rings. The highest BCUT2D eigenvalue weighted by Crippen LogP contribution is 2.41. The fourth-order valence-electron chi connectivity index (χ4n) is 2.70. The second-order valence-electron chi connectivity index (χ2n) is 5.96. The molecule has 1 aromatic carbocycles. The number of carbonyl (C=O) groups is 1. The molecule has 6 nitrogen and oxygen atoms in total. The highest BCUT2D eigenvalue weighted by Gasteiger charge is 2.35. The van der Waals surface area contributed by atoms with E-state index in [4.69, 9.17) is 9.47 Å². The summed E-state index contributed by atoms with van der Waals surface area (Å²) in [6.45, 7) is 4.01. The molecule has 1 unspecified atom stereocenters. The molecule has 1 aliphatic heterocycles. The topological polar surface area (TPSA) is 76.2 Å². The van der Waals surface area contributed by atoms with Gasteiger partial charge in [0.05, 0.1) is 25.7 Å². The van der Waals surface area contributed by atoms with Crippen molar-refractivity contribution in [2.24, 2.45) is 0 Å². The number of aromatic nitrogens is 2. The summed E-state index contributed by atoms with van der Waals surface area (Å²) in [6, 6.07) is 5.53. The second kappa shape index (κ2) is 5.36. The van der Waals surface area contributed by atoms with Gasteiger partial charge in [0, 0.05) is 18.1 Å². The molecule has 0 saturated heterocycles. The fraction of sp³-hybridized carbons (Fsp3) is 0.375. The van der Waals surface area contributed by atoms with E-state index in [-0.39, 0.29) is 17.6 Å². The number of nitrogens with one attached hydrogen (secondary N) is 2. The van der Waals surface area contributed by atoms with Crippen molar-refractivity contribution in [3.63, 3.8) is 0 Å². The predicted octanol–water partition coefficient (Wildman–Crippen LogP) is 2.45. The molecule has 0 aliphatic carbocycles. The number of H-pyrrole nitrogens is 1. The minimum Gasteiger partial charge on any atom is -0.497 e. The van der Waals surface area contributed by atoms with Crippen LogP contribution in [-0.2, 0) is 0 Å². The molecule has 1 aromatic heterocycles. The number of nitrogens with zero attached hydrogens (tertiary/aromatic N) is 1. The molecule has 6 heteroatoms. The number of fused-ring (bicyclic) bond motifs is 1. The predicted molar refractivity (Wildman–Crippen MR) is 81.1 cm³/mol. The first kappa shape index (κ1) is 14.4. The smallest absolute Gasteiger partial charge is 0.269 e. The van der Waals surface area contributed by atoms with E-state index in [0.717, 1.165) is 17.1 Å². The standard InChI is InChI=1S/C16H19N3O3/c1-16(2)7-12(19-15(20)13-8-17-9-18-13)11-5-4-10(21-3)6-14(11)22-16/h4-6,8-9,12H,7H2,1-3H3,(H,17,18)(H,19,20). The number of hydrogen-bond donors (Lipinski definition) is 2. The molecule has 0 fully saturated rings. The Hall–Kier alpha value is -2.50. The molecule has 3 rings (SSSR count). The normalized spacial score (nSPS) is 19.0. The molecule has 0 bridgehead atoms. The summed E-state index contributed by atoms with van der Waals surface area (Å²) in [7, 11) is 1.62.